The first-order valence-corrected chi connectivity index (χ1v) is 7.89. The van der Waals surface area contributed by atoms with Crippen LogP contribution in [0.4, 0.5) is 0 Å². The van der Waals surface area contributed by atoms with E-state index in [2.05, 4.69) is 57.2 Å². The molecule has 2 atom stereocenters. The summed E-state index contributed by atoms with van der Waals surface area (Å²) >= 11 is 8.77. The summed E-state index contributed by atoms with van der Waals surface area (Å²) in [5.41, 5.74) is 4.17. The van der Waals surface area contributed by atoms with Crippen molar-refractivity contribution >= 4 is 43.2 Å². The lowest BCUT2D eigenvalue weighted by Crippen LogP contribution is -2.29. The number of rotatable bonds is 6. The van der Waals surface area contributed by atoms with E-state index < -0.39 is 0 Å². The number of thiophene rings is 1. The van der Waals surface area contributed by atoms with Crippen molar-refractivity contribution in [2.24, 2.45) is 11.8 Å². The minimum absolute atomic E-state index is 0.235. The molecule has 0 aliphatic heterocycles. The summed E-state index contributed by atoms with van der Waals surface area (Å²) in [6.45, 7) is 4.50. The topological polar surface area (TPSA) is 38.0 Å². The van der Waals surface area contributed by atoms with Gasteiger partial charge in [0.2, 0.25) is 0 Å². The van der Waals surface area contributed by atoms with Crippen molar-refractivity contribution in [3.63, 3.8) is 0 Å². The van der Waals surface area contributed by atoms with E-state index in [9.17, 15) is 0 Å². The molecule has 0 aromatic carbocycles. The van der Waals surface area contributed by atoms with Gasteiger partial charge >= 0.3 is 0 Å². The lowest BCUT2D eigenvalue weighted by molar-refractivity contribution is 0.394. The van der Waals surface area contributed by atoms with Gasteiger partial charge in [0.25, 0.3) is 0 Å². The molecule has 0 aliphatic carbocycles. The molecule has 0 bridgehead atoms. The summed E-state index contributed by atoms with van der Waals surface area (Å²) in [5.74, 6) is 6.34. The molecular weight excluding hydrogens is 352 g/mol. The Morgan fingerprint density at radius 3 is 2.62 bits per heavy atom. The quantitative estimate of drug-likeness (QED) is 0.567. The first-order valence-electron chi connectivity index (χ1n) is 5.49. The van der Waals surface area contributed by atoms with Gasteiger partial charge in [-0.05, 0) is 55.8 Å². The van der Waals surface area contributed by atoms with Crippen LogP contribution in [-0.2, 0) is 0 Å². The number of halogens is 2. The van der Waals surface area contributed by atoms with E-state index >= 15 is 0 Å². The van der Waals surface area contributed by atoms with Crippen LogP contribution in [0, 0.1) is 5.92 Å². The molecule has 1 heterocycles. The van der Waals surface area contributed by atoms with Crippen LogP contribution >= 0.6 is 43.2 Å². The monoisotopic (exact) mass is 368 g/mol. The second-order valence-electron chi connectivity index (χ2n) is 4.13. The zero-order valence-corrected chi connectivity index (χ0v) is 13.6. The van der Waals surface area contributed by atoms with Crippen LogP contribution in [0.2, 0.25) is 0 Å². The molecule has 1 aromatic rings. The van der Waals surface area contributed by atoms with Crippen molar-refractivity contribution < 1.29 is 0 Å². The summed E-state index contributed by atoms with van der Waals surface area (Å²) in [4.78, 5) is 0. The minimum atomic E-state index is 0.235. The third kappa shape index (κ3) is 4.11. The standard InChI is InChI=1S/C11H18Br2N2S/c1-3-4-7(2)5-9(15-14)8-6-10(12)16-11(8)13/h6-7,9,15H,3-5,14H2,1-2H3. The fourth-order valence-electron chi connectivity index (χ4n) is 1.89. The molecule has 0 saturated heterocycles. The highest BCUT2D eigenvalue weighted by Crippen LogP contribution is 2.37. The normalized spacial score (nSPS) is 15.1. The molecule has 0 aliphatic rings. The van der Waals surface area contributed by atoms with Gasteiger partial charge in [0.15, 0.2) is 0 Å². The van der Waals surface area contributed by atoms with Gasteiger partial charge in [-0.25, -0.2) is 0 Å². The van der Waals surface area contributed by atoms with Crippen LogP contribution in [0.3, 0.4) is 0 Å². The summed E-state index contributed by atoms with van der Waals surface area (Å²) in [7, 11) is 0. The third-order valence-corrected chi connectivity index (χ3v) is 5.06. The summed E-state index contributed by atoms with van der Waals surface area (Å²) in [6.07, 6.45) is 3.56. The van der Waals surface area contributed by atoms with Gasteiger partial charge in [-0.2, -0.15) is 0 Å². The molecule has 16 heavy (non-hydrogen) atoms. The summed E-state index contributed by atoms with van der Waals surface area (Å²) in [6, 6.07) is 2.37. The van der Waals surface area contributed by atoms with Crippen molar-refractivity contribution in [2.75, 3.05) is 0 Å². The van der Waals surface area contributed by atoms with Crippen LogP contribution in [0.5, 0.6) is 0 Å². The highest BCUT2D eigenvalue weighted by molar-refractivity contribution is 9.12. The maximum atomic E-state index is 5.65. The fraction of sp³-hybridized carbons (Fsp3) is 0.636. The zero-order chi connectivity index (χ0) is 12.1. The lowest BCUT2D eigenvalue weighted by atomic mass is 9.95. The van der Waals surface area contributed by atoms with Crippen molar-refractivity contribution in [3.8, 4) is 0 Å². The maximum Gasteiger partial charge on any atom is 0.0758 e. The van der Waals surface area contributed by atoms with Crippen molar-refractivity contribution in [3.05, 3.63) is 19.2 Å². The van der Waals surface area contributed by atoms with E-state index in [1.54, 1.807) is 11.3 Å². The molecule has 92 valence electrons. The molecule has 2 unspecified atom stereocenters. The molecule has 1 aromatic heterocycles. The van der Waals surface area contributed by atoms with Crippen LogP contribution in [-0.4, -0.2) is 0 Å². The smallest absolute Gasteiger partial charge is 0.0758 e. The van der Waals surface area contributed by atoms with Gasteiger partial charge in [0, 0.05) is 6.04 Å². The van der Waals surface area contributed by atoms with E-state index in [0.717, 1.165) is 14.0 Å². The van der Waals surface area contributed by atoms with Gasteiger partial charge in [-0.1, -0.05) is 26.7 Å². The minimum Gasteiger partial charge on any atom is -0.271 e. The molecule has 0 amide bonds. The average Bonchev–Trinajstić information content (AvgIpc) is 2.55. The molecule has 5 heteroatoms. The van der Waals surface area contributed by atoms with E-state index in [1.807, 2.05) is 0 Å². The van der Waals surface area contributed by atoms with Gasteiger partial charge in [0.1, 0.15) is 0 Å². The van der Waals surface area contributed by atoms with Gasteiger partial charge < -0.3 is 0 Å². The number of nitrogens with one attached hydrogen (secondary N) is 1. The molecule has 0 radical (unpaired) electrons. The predicted molar refractivity (Wildman–Crippen MR) is 78.5 cm³/mol. The Labute approximate surface area is 118 Å². The van der Waals surface area contributed by atoms with E-state index in [4.69, 9.17) is 5.84 Å². The largest absolute Gasteiger partial charge is 0.271 e. The van der Waals surface area contributed by atoms with E-state index in [0.29, 0.717) is 5.92 Å². The first kappa shape index (κ1) is 14.6. The molecule has 0 saturated carbocycles. The Kier molecular flexibility index (Phi) is 6.51. The van der Waals surface area contributed by atoms with Crippen LogP contribution < -0.4 is 11.3 Å². The number of nitrogens with two attached hydrogens (primary N) is 1. The van der Waals surface area contributed by atoms with Crippen molar-refractivity contribution in [2.45, 2.75) is 39.2 Å². The summed E-state index contributed by atoms with van der Waals surface area (Å²) in [5, 5.41) is 0. The van der Waals surface area contributed by atoms with E-state index in [-0.39, 0.29) is 6.04 Å². The second-order valence-corrected chi connectivity index (χ2v) is 7.88. The Bertz CT molecular complexity index is 328. The second kappa shape index (κ2) is 7.11. The highest BCUT2D eigenvalue weighted by atomic mass is 79.9. The first-order chi connectivity index (χ1) is 7.58. The zero-order valence-electron chi connectivity index (χ0n) is 9.59. The molecule has 0 spiro atoms. The van der Waals surface area contributed by atoms with Gasteiger partial charge in [-0.3, -0.25) is 11.3 Å². The molecular formula is C11H18Br2N2S. The number of hydrogen-bond donors (Lipinski definition) is 2. The Morgan fingerprint density at radius 2 is 2.19 bits per heavy atom. The fourth-order valence-corrected chi connectivity index (χ4v) is 4.86. The van der Waals surface area contributed by atoms with Crippen molar-refractivity contribution in [1.82, 2.24) is 5.43 Å². The molecule has 1 rings (SSSR count). The Morgan fingerprint density at radius 1 is 1.50 bits per heavy atom. The average molecular weight is 370 g/mol. The Hall–Kier alpha value is 0.580. The molecule has 0 fully saturated rings. The third-order valence-electron chi connectivity index (χ3n) is 2.68. The molecule has 3 N–H and O–H groups in total. The van der Waals surface area contributed by atoms with Crippen molar-refractivity contribution in [1.29, 1.82) is 0 Å². The van der Waals surface area contributed by atoms with Gasteiger partial charge in [0.05, 0.1) is 7.57 Å². The van der Waals surface area contributed by atoms with E-state index in [1.165, 1.54) is 18.4 Å². The SMILES string of the molecule is CCCC(C)CC(NN)c1cc(Br)sc1Br. The number of hydrazine groups is 1. The Balaban J connectivity index is 2.70. The maximum absolute atomic E-state index is 5.65. The van der Waals surface area contributed by atoms with Crippen LogP contribution in [0.25, 0.3) is 0 Å². The van der Waals surface area contributed by atoms with Crippen LogP contribution in [0.1, 0.15) is 44.7 Å². The molecule has 2 nitrogen and oxygen atoms in total. The summed E-state index contributed by atoms with van der Waals surface area (Å²) < 4.78 is 2.30. The highest BCUT2D eigenvalue weighted by Gasteiger charge is 2.18. The number of hydrogen-bond acceptors (Lipinski definition) is 3. The van der Waals surface area contributed by atoms with Crippen LogP contribution in [0.15, 0.2) is 13.6 Å². The predicted octanol–water partition coefficient (Wildman–Crippen LogP) is 4.60. The lowest BCUT2D eigenvalue weighted by Gasteiger charge is -2.19. The van der Waals surface area contributed by atoms with Gasteiger partial charge in [-0.15, -0.1) is 11.3 Å².